The summed E-state index contributed by atoms with van der Waals surface area (Å²) in [5, 5.41) is 13.2. The predicted octanol–water partition coefficient (Wildman–Crippen LogP) is 5.96. The largest absolute Gasteiger partial charge is 0.419 e. The number of rotatable bonds is 6. The lowest BCUT2D eigenvalue weighted by atomic mass is 9.78. The molecule has 2 aromatic rings. The number of aryl methyl sites for hydroxylation is 1. The van der Waals surface area contributed by atoms with E-state index in [0.717, 1.165) is 22.3 Å². The maximum Gasteiger partial charge on any atom is 0.419 e. The molecule has 1 aliphatic rings. The van der Waals surface area contributed by atoms with Crippen LogP contribution in [0.5, 0.6) is 0 Å². The predicted molar refractivity (Wildman–Crippen MR) is 117 cm³/mol. The molecule has 31 heavy (non-hydrogen) atoms. The Morgan fingerprint density at radius 1 is 1.23 bits per heavy atom. The normalized spacial score (nSPS) is 22.0. The van der Waals surface area contributed by atoms with Gasteiger partial charge < -0.3 is 10.4 Å². The molecule has 1 heterocycles. The lowest BCUT2D eigenvalue weighted by molar-refractivity contribution is -0.139. The number of hydrogen-bond acceptors (Lipinski definition) is 6. The van der Waals surface area contributed by atoms with Crippen LogP contribution in [0.3, 0.4) is 0 Å². The molecular weight excluding hydrogens is 425 g/mol. The number of aromatic nitrogens is 2. The van der Waals surface area contributed by atoms with Crippen molar-refractivity contribution in [3.8, 4) is 0 Å². The van der Waals surface area contributed by atoms with Crippen LogP contribution >= 0.6 is 11.9 Å². The molecule has 1 saturated carbocycles. The summed E-state index contributed by atoms with van der Waals surface area (Å²) in [7, 11) is 0. The molecule has 3 rings (SSSR count). The van der Waals surface area contributed by atoms with Gasteiger partial charge in [-0.3, -0.25) is 4.72 Å². The van der Waals surface area contributed by atoms with Crippen molar-refractivity contribution in [1.82, 2.24) is 14.7 Å². The summed E-state index contributed by atoms with van der Waals surface area (Å²) in [6.07, 6.45) is -1.84. The van der Waals surface area contributed by atoms with E-state index in [1.807, 2.05) is 25.1 Å². The fourth-order valence-electron chi connectivity index (χ4n) is 3.64. The second kappa shape index (κ2) is 9.34. The van der Waals surface area contributed by atoms with E-state index in [9.17, 15) is 18.3 Å². The van der Waals surface area contributed by atoms with Gasteiger partial charge in [-0.05, 0) is 89.1 Å². The fourth-order valence-corrected chi connectivity index (χ4v) is 4.39. The molecule has 0 saturated heterocycles. The van der Waals surface area contributed by atoms with Crippen molar-refractivity contribution in [3.05, 3.63) is 41.2 Å². The molecule has 5 nitrogen and oxygen atoms in total. The quantitative estimate of drug-likeness (QED) is 0.468. The highest BCUT2D eigenvalue weighted by atomic mass is 32.2. The highest BCUT2D eigenvalue weighted by molar-refractivity contribution is 7.97. The molecular formula is C22H29F3N4OS. The number of aliphatic hydroxyl groups is 1. The fraction of sp³-hybridized carbons (Fsp3) is 0.545. The van der Waals surface area contributed by atoms with E-state index in [-0.39, 0.29) is 17.6 Å². The van der Waals surface area contributed by atoms with Gasteiger partial charge in [0.2, 0.25) is 5.95 Å². The number of nitrogens with one attached hydrogen (secondary N) is 2. The van der Waals surface area contributed by atoms with Gasteiger partial charge in [0.05, 0.1) is 16.9 Å². The van der Waals surface area contributed by atoms with Gasteiger partial charge in [0, 0.05) is 28.7 Å². The molecule has 1 fully saturated rings. The first-order valence-corrected chi connectivity index (χ1v) is 11.2. The molecule has 0 unspecified atom stereocenters. The molecule has 1 aliphatic carbocycles. The maximum atomic E-state index is 13.6. The SMILES string of the molecule is Cc1cc(SNC(C)C)ccc1Nc1ncc(C(F)(F)F)c(C2CCC(C)(O)CC2)n1. The van der Waals surface area contributed by atoms with E-state index >= 15 is 0 Å². The molecule has 0 aliphatic heterocycles. The van der Waals surface area contributed by atoms with Gasteiger partial charge >= 0.3 is 6.18 Å². The third-order valence-corrected chi connectivity index (χ3v) is 6.51. The Balaban J connectivity index is 1.84. The monoisotopic (exact) mass is 454 g/mol. The summed E-state index contributed by atoms with van der Waals surface area (Å²) in [5.41, 5.74) is 0.0596. The van der Waals surface area contributed by atoms with E-state index in [1.165, 1.54) is 11.9 Å². The standard InChI is InChI=1S/C22H29F3N4OS/c1-13(2)29-31-16-5-6-18(14(3)11-16)27-20-26-12-17(22(23,24)25)19(28-20)15-7-9-21(4,30)10-8-15/h5-6,11-13,15,29-30H,7-10H2,1-4H3,(H,26,27,28). The van der Waals surface area contributed by atoms with Crippen LogP contribution < -0.4 is 10.0 Å². The third kappa shape index (κ3) is 6.33. The van der Waals surface area contributed by atoms with Crippen molar-refractivity contribution < 1.29 is 18.3 Å². The van der Waals surface area contributed by atoms with Crippen LogP contribution in [0.25, 0.3) is 0 Å². The average molecular weight is 455 g/mol. The Kier molecular flexibility index (Phi) is 7.18. The Labute approximate surface area is 185 Å². The van der Waals surface area contributed by atoms with Crippen molar-refractivity contribution in [1.29, 1.82) is 0 Å². The number of alkyl halides is 3. The molecule has 1 aromatic carbocycles. The van der Waals surface area contributed by atoms with Crippen LogP contribution in [0.2, 0.25) is 0 Å². The van der Waals surface area contributed by atoms with E-state index in [4.69, 9.17) is 0 Å². The summed E-state index contributed by atoms with van der Waals surface area (Å²) >= 11 is 1.53. The molecule has 170 valence electrons. The van der Waals surface area contributed by atoms with Crippen LogP contribution in [-0.4, -0.2) is 26.7 Å². The number of nitrogens with zero attached hydrogens (tertiary/aromatic N) is 2. The zero-order chi connectivity index (χ0) is 22.8. The van der Waals surface area contributed by atoms with Gasteiger partial charge in [-0.2, -0.15) is 13.2 Å². The second-order valence-corrected chi connectivity index (χ2v) is 9.65. The summed E-state index contributed by atoms with van der Waals surface area (Å²) in [6.45, 7) is 7.77. The van der Waals surface area contributed by atoms with E-state index < -0.39 is 17.3 Å². The molecule has 1 aromatic heterocycles. The van der Waals surface area contributed by atoms with Gasteiger partial charge in [-0.1, -0.05) is 0 Å². The Morgan fingerprint density at radius 3 is 2.48 bits per heavy atom. The van der Waals surface area contributed by atoms with Crippen LogP contribution in [0, 0.1) is 6.92 Å². The molecule has 0 atom stereocenters. The zero-order valence-corrected chi connectivity index (χ0v) is 19.0. The minimum Gasteiger partial charge on any atom is -0.390 e. The van der Waals surface area contributed by atoms with Crippen molar-refractivity contribution in [2.45, 2.75) is 82.0 Å². The first-order valence-electron chi connectivity index (χ1n) is 10.4. The summed E-state index contributed by atoms with van der Waals surface area (Å²) in [6, 6.07) is 6.14. The van der Waals surface area contributed by atoms with Crippen LogP contribution in [0.4, 0.5) is 24.8 Å². The van der Waals surface area contributed by atoms with Crippen molar-refractivity contribution >= 4 is 23.6 Å². The van der Waals surface area contributed by atoms with Crippen LogP contribution in [-0.2, 0) is 6.18 Å². The summed E-state index contributed by atoms with van der Waals surface area (Å²) in [5.74, 6) is -0.216. The minimum atomic E-state index is -4.52. The average Bonchev–Trinajstić information content (AvgIpc) is 2.67. The molecule has 3 N–H and O–H groups in total. The maximum absolute atomic E-state index is 13.6. The minimum absolute atomic E-state index is 0.00598. The molecule has 0 radical (unpaired) electrons. The lowest BCUT2D eigenvalue weighted by Gasteiger charge is -2.33. The van der Waals surface area contributed by atoms with Crippen LogP contribution in [0.1, 0.15) is 69.2 Å². The van der Waals surface area contributed by atoms with E-state index in [1.54, 1.807) is 6.92 Å². The first-order chi connectivity index (χ1) is 14.4. The molecule has 0 spiro atoms. The van der Waals surface area contributed by atoms with Gasteiger partial charge in [-0.15, -0.1) is 0 Å². The second-order valence-electron chi connectivity index (χ2n) is 8.74. The number of benzene rings is 1. The Bertz CT molecular complexity index is 908. The van der Waals surface area contributed by atoms with Gasteiger partial charge in [-0.25, -0.2) is 9.97 Å². The molecule has 0 amide bonds. The zero-order valence-electron chi connectivity index (χ0n) is 18.2. The number of hydrogen-bond donors (Lipinski definition) is 3. The summed E-state index contributed by atoms with van der Waals surface area (Å²) < 4.78 is 44.1. The van der Waals surface area contributed by atoms with Crippen LogP contribution in [0.15, 0.2) is 29.3 Å². The first kappa shape index (κ1) is 23.8. The lowest BCUT2D eigenvalue weighted by Crippen LogP contribution is -2.30. The van der Waals surface area contributed by atoms with Crippen molar-refractivity contribution in [2.75, 3.05) is 5.32 Å². The molecule has 0 bridgehead atoms. The Morgan fingerprint density at radius 2 is 1.90 bits per heavy atom. The summed E-state index contributed by atoms with van der Waals surface area (Å²) in [4.78, 5) is 9.27. The highest BCUT2D eigenvalue weighted by Crippen LogP contribution is 2.42. The van der Waals surface area contributed by atoms with Gasteiger partial charge in [0.15, 0.2) is 0 Å². The smallest absolute Gasteiger partial charge is 0.390 e. The number of anilines is 2. The van der Waals surface area contributed by atoms with Crippen molar-refractivity contribution in [2.24, 2.45) is 0 Å². The number of halogens is 3. The van der Waals surface area contributed by atoms with Gasteiger partial charge in [0.25, 0.3) is 0 Å². The van der Waals surface area contributed by atoms with E-state index in [0.29, 0.717) is 31.7 Å². The molecule has 9 heteroatoms. The van der Waals surface area contributed by atoms with E-state index in [2.05, 4.69) is 33.9 Å². The van der Waals surface area contributed by atoms with Gasteiger partial charge in [0.1, 0.15) is 0 Å². The highest BCUT2D eigenvalue weighted by Gasteiger charge is 2.39. The van der Waals surface area contributed by atoms with Crippen molar-refractivity contribution in [3.63, 3.8) is 0 Å². The third-order valence-electron chi connectivity index (χ3n) is 5.43. The Hall–Kier alpha value is -1.84. The topological polar surface area (TPSA) is 70.1 Å².